The highest BCUT2D eigenvalue weighted by molar-refractivity contribution is 6.06. The zero-order chi connectivity index (χ0) is 36.7. The molecule has 0 heterocycles. The van der Waals surface area contributed by atoms with E-state index < -0.39 is 0 Å². The lowest BCUT2D eigenvalue weighted by molar-refractivity contribution is 0.420. The average molecular weight is 714 g/mol. The second-order valence-corrected chi connectivity index (χ2v) is 17.9. The fraction of sp³-hybridized carbons (Fsp3) is 0.296. The first-order valence-electron chi connectivity index (χ1n) is 21.2. The summed E-state index contributed by atoms with van der Waals surface area (Å²) in [4.78, 5) is 2.60. The first kappa shape index (κ1) is 33.2. The summed E-state index contributed by atoms with van der Waals surface area (Å²) < 4.78 is 0. The lowest BCUT2D eigenvalue weighted by Gasteiger charge is -2.31. The normalized spacial score (nSPS) is 21.2. The van der Waals surface area contributed by atoms with Crippen LogP contribution in [0.15, 0.2) is 140 Å². The van der Waals surface area contributed by atoms with Crippen molar-refractivity contribution in [3.8, 4) is 22.3 Å². The van der Waals surface area contributed by atoms with E-state index in [-0.39, 0.29) is 5.41 Å². The molecule has 0 aromatic heterocycles. The van der Waals surface area contributed by atoms with Crippen molar-refractivity contribution in [2.24, 2.45) is 11.8 Å². The fourth-order valence-corrected chi connectivity index (χ4v) is 11.7. The van der Waals surface area contributed by atoms with E-state index in [4.69, 9.17) is 0 Å². The molecule has 4 aliphatic carbocycles. The summed E-state index contributed by atoms with van der Waals surface area (Å²) >= 11 is 0. The third-order valence-corrected chi connectivity index (χ3v) is 14.5. The molecule has 0 radical (unpaired) electrons. The van der Waals surface area contributed by atoms with Gasteiger partial charge in [0, 0.05) is 22.2 Å². The SMILES string of the molecule is CC1(C)c2ccccc2-c2c(-c3cccc4ccccc34)cc(N(c3ccc(C4CC5CCC4C5)cc3)c3cccc4ccc(C5CCCCC5)cc34)cc21. The predicted molar refractivity (Wildman–Crippen MR) is 233 cm³/mol. The number of hydrogen-bond donors (Lipinski definition) is 0. The van der Waals surface area contributed by atoms with Gasteiger partial charge in [0.1, 0.15) is 0 Å². The van der Waals surface area contributed by atoms with E-state index in [1.165, 1.54) is 141 Å². The third-order valence-electron chi connectivity index (χ3n) is 14.5. The van der Waals surface area contributed by atoms with Crippen molar-refractivity contribution in [3.05, 3.63) is 162 Å². The molecular weight excluding hydrogens is 663 g/mol. The topological polar surface area (TPSA) is 3.24 Å². The molecule has 3 unspecified atom stereocenters. The van der Waals surface area contributed by atoms with Crippen LogP contribution in [0.1, 0.15) is 106 Å². The van der Waals surface area contributed by atoms with Crippen molar-refractivity contribution in [2.75, 3.05) is 4.90 Å². The Bertz CT molecular complexity index is 2580. The highest BCUT2D eigenvalue weighted by atomic mass is 15.1. The smallest absolute Gasteiger partial charge is 0.0540 e. The summed E-state index contributed by atoms with van der Waals surface area (Å²) in [6.45, 7) is 4.86. The number of benzene rings is 7. The van der Waals surface area contributed by atoms with Gasteiger partial charge in [0.25, 0.3) is 0 Å². The van der Waals surface area contributed by atoms with Crippen LogP contribution in [0.5, 0.6) is 0 Å². The average Bonchev–Trinajstić information content (AvgIpc) is 3.94. The molecule has 11 rings (SSSR count). The van der Waals surface area contributed by atoms with Gasteiger partial charge in [0.15, 0.2) is 0 Å². The minimum atomic E-state index is -0.147. The molecule has 3 atom stereocenters. The first-order chi connectivity index (χ1) is 27.0. The van der Waals surface area contributed by atoms with E-state index in [0.29, 0.717) is 11.8 Å². The van der Waals surface area contributed by atoms with Crippen LogP contribution < -0.4 is 4.90 Å². The minimum Gasteiger partial charge on any atom is -0.310 e. The van der Waals surface area contributed by atoms with Crippen molar-refractivity contribution in [1.29, 1.82) is 0 Å². The van der Waals surface area contributed by atoms with Crippen LogP contribution in [0.2, 0.25) is 0 Å². The molecular formula is C54H51N. The van der Waals surface area contributed by atoms with Crippen LogP contribution in [0.25, 0.3) is 43.8 Å². The minimum absolute atomic E-state index is 0.147. The van der Waals surface area contributed by atoms with E-state index in [1.807, 2.05) is 0 Å². The Kier molecular flexibility index (Phi) is 7.84. The van der Waals surface area contributed by atoms with Gasteiger partial charge < -0.3 is 4.90 Å². The van der Waals surface area contributed by atoms with Gasteiger partial charge in [-0.25, -0.2) is 0 Å². The molecule has 272 valence electrons. The molecule has 0 spiro atoms. The zero-order valence-corrected chi connectivity index (χ0v) is 32.4. The Morgan fingerprint density at radius 3 is 2.05 bits per heavy atom. The second kappa shape index (κ2) is 13.0. The molecule has 0 aliphatic heterocycles. The highest BCUT2D eigenvalue weighted by Crippen LogP contribution is 2.56. The lowest BCUT2D eigenvalue weighted by Crippen LogP contribution is -2.17. The maximum Gasteiger partial charge on any atom is 0.0540 e. The van der Waals surface area contributed by atoms with E-state index in [9.17, 15) is 0 Å². The highest BCUT2D eigenvalue weighted by Gasteiger charge is 2.41. The number of nitrogens with zero attached hydrogens (tertiary/aromatic N) is 1. The molecule has 3 saturated carbocycles. The van der Waals surface area contributed by atoms with Crippen molar-refractivity contribution in [1.82, 2.24) is 0 Å². The van der Waals surface area contributed by atoms with Crippen molar-refractivity contribution >= 4 is 38.6 Å². The van der Waals surface area contributed by atoms with Crippen LogP contribution in [-0.4, -0.2) is 0 Å². The number of anilines is 3. The van der Waals surface area contributed by atoms with Crippen LogP contribution in [0.3, 0.4) is 0 Å². The molecule has 0 N–H and O–H groups in total. The van der Waals surface area contributed by atoms with Gasteiger partial charge in [-0.2, -0.15) is 0 Å². The van der Waals surface area contributed by atoms with Crippen molar-refractivity contribution in [2.45, 2.75) is 88.9 Å². The molecule has 1 heteroatoms. The molecule has 1 nitrogen and oxygen atoms in total. The van der Waals surface area contributed by atoms with Gasteiger partial charge >= 0.3 is 0 Å². The summed E-state index contributed by atoms with van der Waals surface area (Å²) in [7, 11) is 0. The third kappa shape index (κ3) is 5.41. The van der Waals surface area contributed by atoms with Gasteiger partial charge in [-0.05, 0) is 153 Å². The summed E-state index contributed by atoms with van der Waals surface area (Å²) in [5.41, 5.74) is 14.8. The maximum absolute atomic E-state index is 2.60. The summed E-state index contributed by atoms with van der Waals surface area (Å²) in [5.74, 6) is 3.17. The number of hydrogen-bond acceptors (Lipinski definition) is 1. The van der Waals surface area contributed by atoms with Crippen molar-refractivity contribution < 1.29 is 0 Å². The van der Waals surface area contributed by atoms with Gasteiger partial charge in [-0.1, -0.05) is 143 Å². The molecule has 3 fully saturated rings. The summed E-state index contributed by atoms with van der Waals surface area (Å²) in [5, 5.41) is 5.24. The Morgan fingerprint density at radius 1 is 0.509 bits per heavy atom. The van der Waals surface area contributed by atoms with E-state index in [2.05, 4.69) is 158 Å². The largest absolute Gasteiger partial charge is 0.310 e. The monoisotopic (exact) mass is 713 g/mol. The van der Waals surface area contributed by atoms with E-state index in [1.54, 1.807) is 0 Å². The summed E-state index contributed by atoms with van der Waals surface area (Å²) in [6, 6.07) is 54.1. The quantitative estimate of drug-likeness (QED) is 0.166. The zero-order valence-electron chi connectivity index (χ0n) is 32.4. The maximum atomic E-state index is 2.60. The number of rotatable bonds is 6. The number of fused-ring (bicyclic) bond motifs is 7. The summed E-state index contributed by atoms with van der Waals surface area (Å²) in [6.07, 6.45) is 12.3. The van der Waals surface area contributed by atoms with Gasteiger partial charge in [-0.3, -0.25) is 0 Å². The molecule has 0 amide bonds. The van der Waals surface area contributed by atoms with Gasteiger partial charge in [-0.15, -0.1) is 0 Å². The first-order valence-corrected chi connectivity index (χ1v) is 21.2. The fourth-order valence-electron chi connectivity index (χ4n) is 11.7. The van der Waals surface area contributed by atoms with Crippen LogP contribution in [0, 0.1) is 11.8 Å². The van der Waals surface area contributed by atoms with E-state index >= 15 is 0 Å². The van der Waals surface area contributed by atoms with Crippen LogP contribution in [0.4, 0.5) is 17.1 Å². The molecule has 7 aromatic rings. The molecule has 4 aliphatic rings. The molecule has 0 saturated heterocycles. The Balaban J connectivity index is 1.16. The van der Waals surface area contributed by atoms with Gasteiger partial charge in [0.05, 0.1) is 5.69 Å². The van der Waals surface area contributed by atoms with E-state index in [0.717, 1.165) is 11.8 Å². The van der Waals surface area contributed by atoms with Crippen LogP contribution >= 0.6 is 0 Å². The standard InChI is InChI=1S/C54H51N/c1-54(2)50-20-9-8-18-46(50)53-49(45-19-10-15-37-14-6-7-17-44(37)45)33-43(34-51(53)54)55(42-28-26-39(27-29-42)47-31-35-22-23-41(47)30-35)52-21-11-16-38-24-25-40(32-48(38)52)36-12-4-3-5-13-36/h6-11,14-21,24-29,32-36,41,47H,3-5,12-13,22-23,30-31H2,1-2H3. The Morgan fingerprint density at radius 2 is 1.24 bits per heavy atom. The molecule has 2 bridgehead atoms. The second-order valence-electron chi connectivity index (χ2n) is 17.9. The Hall–Kier alpha value is -5.14. The van der Waals surface area contributed by atoms with Gasteiger partial charge in [0.2, 0.25) is 0 Å². The van der Waals surface area contributed by atoms with Crippen molar-refractivity contribution in [3.63, 3.8) is 0 Å². The molecule has 7 aromatic carbocycles. The predicted octanol–water partition coefficient (Wildman–Crippen LogP) is 15.4. The lowest BCUT2D eigenvalue weighted by atomic mass is 9.81. The van der Waals surface area contributed by atoms with Crippen LogP contribution in [-0.2, 0) is 5.41 Å². The Labute approximate surface area is 327 Å². The molecule has 55 heavy (non-hydrogen) atoms.